The third kappa shape index (κ3) is 4.38. The van der Waals surface area contributed by atoms with Crippen LogP contribution in [0.25, 0.3) is 0 Å². The Morgan fingerprint density at radius 3 is 2.79 bits per heavy atom. The summed E-state index contributed by atoms with van der Waals surface area (Å²) in [7, 11) is 0. The molecule has 2 heteroatoms. The van der Waals surface area contributed by atoms with Crippen molar-refractivity contribution in [2.75, 3.05) is 13.2 Å². The van der Waals surface area contributed by atoms with Crippen molar-refractivity contribution in [1.82, 2.24) is 4.90 Å². The van der Waals surface area contributed by atoms with Gasteiger partial charge in [0.25, 0.3) is 0 Å². The van der Waals surface area contributed by atoms with Crippen LogP contribution in [0.4, 0.5) is 0 Å². The van der Waals surface area contributed by atoms with E-state index in [4.69, 9.17) is 5.11 Å². The van der Waals surface area contributed by atoms with Crippen LogP contribution < -0.4 is 0 Å². The molecule has 102 valence electrons. The van der Waals surface area contributed by atoms with E-state index < -0.39 is 0 Å². The molecule has 19 heavy (non-hydrogen) atoms. The van der Waals surface area contributed by atoms with Crippen molar-refractivity contribution >= 4 is 0 Å². The second kappa shape index (κ2) is 7.33. The van der Waals surface area contributed by atoms with Gasteiger partial charge in [-0.05, 0) is 37.4 Å². The first-order valence-electron chi connectivity index (χ1n) is 7.26. The second-order valence-electron chi connectivity index (χ2n) is 5.17. The number of unbranched alkanes of at least 4 members (excludes halogenated alkanes) is 1. The lowest BCUT2D eigenvalue weighted by atomic mass is 10.1. The normalized spacial score (nSPS) is 14.3. The molecule has 0 aromatic heterocycles. The van der Waals surface area contributed by atoms with Crippen molar-refractivity contribution in [3.63, 3.8) is 0 Å². The molecule has 1 aliphatic rings. The molecular formula is C17H23NO. The molecule has 0 bridgehead atoms. The molecule has 0 aliphatic heterocycles. The van der Waals surface area contributed by atoms with Crippen molar-refractivity contribution in [2.24, 2.45) is 0 Å². The van der Waals surface area contributed by atoms with E-state index >= 15 is 0 Å². The number of rotatable bonds is 6. The summed E-state index contributed by atoms with van der Waals surface area (Å²) in [6.45, 7) is 4.34. The van der Waals surface area contributed by atoms with E-state index in [0.29, 0.717) is 0 Å². The van der Waals surface area contributed by atoms with Crippen LogP contribution >= 0.6 is 0 Å². The first-order valence-corrected chi connectivity index (χ1v) is 7.26. The minimum absolute atomic E-state index is 0.0729. The Balaban J connectivity index is 2.07. The number of nitrogens with zero attached hydrogens (tertiary/aromatic N) is 1. The molecule has 1 aromatic carbocycles. The average molecular weight is 257 g/mol. The lowest BCUT2D eigenvalue weighted by Gasteiger charge is -2.22. The van der Waals surface area contributed by atoms with Crippen molar-refractivity contribution in [2.45, 2.75) is 45.2 Å². The van der Waals surface area contributed by atoms with Gasteiger partial charge in [0, 0.05) is 18.2 Å². The molecule has 2 nitrogen and oxygen atoms in total. The molecule has 0 radical (unpaired) electrons. The van der Waals surface area contributed by atoms with E-state index in [9.17, 15) is 0 Å². The molecule has 2 rings (SSSR count). The van der Waals surface area contributed by atoms with E-state index in [1.165, 1.54) is 37.8 Å². The quantitative estimate of drug-likeness (QED) is 0.792. The summed E-state index contributed by atoms with van der Waals surface area (Å²) >= 11 is 0. The Labute approximate surface area is 116 Å². The summed E-state index contributed by atoms with van der Waals surface area (Å²) in [6.07, 6.45) is 5.19. The van der Waals surface area contributed by atoms with Gasteiger partial charge >= 0.3 is 0 Å². The Morgan fingerprint density at radius 1 is 1.32 bits per heavy atom. The Kier molecular flexibility index (Phi) is 5.44. The summed E-state index contributed by atoms with van der Waals surface area (Å²) in [5.74, 6) is 5.81. The highest BCUT2D eigenvalue weighted by atomic mass is 16.2. The van der Waals surface area contributed by atoms with Gasteiger partial charge in [-0.3, -0.25) is 4.90 Å². The first-order chi connectivity index (χ1) is 9.35. The number of hydrogen-bond acceptors (Lipinski definition) is 2. The van der Waals surface area contributed by atoms with Gasteiger partial charge in [0.05, 0.1) is 0 Å². The number of aliphatic hydroxyl groups is 1. The Hall–Kier alpha value is -1.30. The summed E-state index contributed by atoms with van der Waals surface area (Å²) in [5, 5.41) is 8.83. The second-order valence-corrected chi connectivity index (χ2v) is 5.17. The summed E-state index contributed by atoms with van der Waals surface area (Å²) in [6, 6.07) is 9.07. The highest BCUT2D eigenvalue weighted by Gasteiger charge is 2.28. The van der Waals surface area contributed by atoms with Gasteiger partial charge in [-0.1, -0.05) is 43.4 Å². The standard InChI is InChI=1S/C17H23NO/c1-2-3-12-18(17-10-11-17)14-16-8-5-4-7-15(16)9-6-13-19/h4-5,7-8,17,19H,2-3,10-14H2,1H3. The van der Waals surface area contributed by atoms with Crippen molar-refractivity contribution in [1.29, 1.82) is 0 Å². The van der Waals surface area contributed by atoms with E-state index in [2.05, 4.69) is 35.8 Å². The Bertz CT molecular complexity index is 454. The predicted molar refractivity (Wildman–Crippen MR) is 78.7 cm³/mol. The van der Waals surface area contributed by atoms with Gasteiger partial charge in [0.1, 0.15) is 6.61 Å². The van der Waals surface area contributed by atoms with Crippen LogP contribution in [0.3, 0.4) is 0 Å². The maximum absolute atomic E-state index is 8.83. The zero-order chi connectivity index (χ0) is 13.5. The zero-order valence-corrected chi connectivity index (χ0v) is 11.7. The fraction of sp³-hybridized carbons (Fsp3) is 0.529. The van der Waals surface area contributed by atoms with Gasteiger partial charge in [0.2, 0.25) is 0 Å². The van der Waals surface area contributed by atoms with Crippen molar-refractivity contribution in [3.05, 3.63) is 35.4 Å². The molecule has 1 aromatic rings. The summed E-state index contributed by atoms with van der Waals surface area (Å²) in [4.78, 5) is 2.59. The molecule has 0 spiro atoms. The number of aliphatic hydroxyl groups excluding tert-OH is 1. The fourth-order valence-corrected chi connectivity index (χ4v) is 2.33. The SMILES string of the molecule is CCCCN(Cc1ccccc1C#CCO)C1CC1. The summed E-state index contributed by atoms with van der Waals surface area (Å²) in [5.41, 5.74) is 2.34. The number of benzene rings is 1. The van der Waals surface area contributed by atoms with E-state index in [1.807, 2.05) is 12.1 Å². The van der Waals surface area contributed by atoms with Gasteiger partial charge in [-0.25, -0.2) is 0 Å². The van der Waals surface area contributed by atoms with Crippen LogP contribution in [0.5, 0.6) is 0 Å². The highest BCUT2D eigenvalue weighted by molar-refractivity contribution is 5.41. The van der Waals surface area contributed by atoms with Crippen LogP contribution in [0.2, 0.25) is 0 Å². The molecule has 0 unspecified atom stereocenters. The molecule has 0 amide bonds. The van der Waals surface area contributed by atoms with Crippen LogP contribution in [0.15, 0.2) is 24.3 Å². The minimum atomic E-state index is -0.0729. The largest absolute Gasteiger partial charge is 0.384 e. The van der Waals surface area contributed by atoms with E-state index in [-0.39, 0.29) is 6.61 Å². The highest BCUT2D eigenvalue weighted by Crippen LogP contribution is 2.29. The Morgan fingerprint density at radius 2 is 2.11 bits per heavy atom. The lowest BCUT2D eigenvalue weighted by molar-refractivity contribution is 0.250. The third-order valence-corrected chi connectivity index (χ3v) is 3.56. The minimum Gasteiger partial charge on any atom is -0.384 e. The maximum atomic E-state index is 8.83. The molecule has 1 saturated carbocycles. The molecule has 0 saturated heterocycles. The average Bonchev–Trinajstić information content (AvgIpc) is 3.26. The number of hydrogen-bond donors (Lipinski definition) is 1. The van der Waals surface area contributed by atoms with Crippen LogP contribution in [-0.4, -0.2) is 29.2 Å². The topological polar surface area (TPSA) is 23.5 Å². The summed E-state index contributed by atoms with van der Waals surface area (Å²) < 4.78 is 0. The van der Waals surface area contributed by atoms with Crippen molar-refractivity contribution in [3.8, 4) is 11.8 Å². The predicted octanol–water partition coefficient (Wildman–Crippen LogP) is 2.79. The van der Waals surface area contributed by atoms with Crippen molar-refractivity contribution < 1.29 is 5.11 Å². The maximum Gasteiger partial charge on any atom is 0.104 e. The molecule has 1 fully saturated rings. The smallest absolute Gasteiger partial charge is 0.104 e. The van der Waals surface area contributed by atoms with Crippen LogP contribution in [-0.2, 0) is 6.54 Å². The fourth-order valence-electron chi connectivity index (χ4n) is 2.33. The molecular weight excluding hydrogens is 234 g/mol. The van der Waals surface area contributed by atoms with Crippen LogP contribution in [0.1, 0.15) is 43.7 Å². The molecule has 1 aliphatic carbocycles. The van der Waals surface area contributed by atoms with Gasteiger partial charge in [-0.15, -0.1) is 0 Å². The van der Waals surface area contributed by atoms with E-state index in [0.717, 1.165) is 18.2 Å². The van der Waals surface area contributed by atoms with Gasteiger partial charge < -0.3 is 5.11 Å². The van der Waals surface area contributed by atoms with Crippen LogP contribution in [0, 0.1) is 11.8 Å². The molecule has 1 N–H and O–H groups in total. The monoisotopic (exact) mass is 257 g/mol. The third-order valence-electron chi connectivity index (χ3n) is 3.56. The van der Waals surface area contributed by atoms with Gasteiger partial charge in [0.15, 0.2) is 0 Å². The first kappa shape index (κ1) is 14.1. The zero-order valence-electron chi connectivity index (χ0n) is 11.7. The molecule has 0 heterocycles. The molecule has 0 atom stereocenters. The lowest BCUT2D eigenvalue weighted by Crippen LogP contribution is -2.27. The van der Waals surface area contributed by atoms with E-state index in [1.54, 1.807) is 0 Å². The van der Waals surface area contributed by atoms with Gasteiger partial charge in [-0.2, -0.15) is 0 Å².